The summed E-state index contributed by atoms with van der Waals surface area (Å²) in [6.07, 6.45) is -4.04. The lowest BCUT2D eigenvalue weighted by molar-refractivity contribution is -0.302. The fourth-order valence-electron chi connectivity index (χ4n) is 3.49. The Morgan fingerprint density at radius 1 is 1.30 bits per heavy atom. The molecule has 15 nitrogen and oxygen atoms in total. The Labute approximate surface area is 226 Å². The third-order valence-electron chi connectivity index (χ3n) is 5.42. The zero-order valence-corrected chi connectivity index (χ0v) is 22.4. The fraction of sp³-hybridized carbons (Fsp3) is 0.455. The van der Waals surface area contributed by atoms with Crippen LogP contribution in [0.2, 0.25) is 0 Å². The van der Waals surface area contributed by atoms with Gasteiger partial charge in [0.05, 0.1) is 13.2 Å². The molecule has 1 aromatic carbocycles. The monoisotopic (exact) mass is 591 g/mol. The minimum absolute atomic E-state index is 0.0429. The molecule has 1 aromatic heterocycles. The highest BCUT2D eigenvalue weighted by Crippen LogP contribution is 2.52. The number of halogens is 2. The SMILES string of the molecule is CC(NP(=O)(OC[C@H]1O[C@@H](n2ccc(N)nc2=O)C(F)(F)[C@@]1(O)OC(=O)CN(C)C)Oc1ccccc1)C(=O)O. The number of aromatic nitrogens is 2. The standard InChI is InChI=1S/C22H28F2N5O10P/c1-13(18(31)32)27-40(35,39-14-7-5-4-6-8-14)36-12-15-22(34,38-17(30)11-28(2)3)21(23,24)19(37-15)29-10-9-16(25)26-20(29)33/h4-10,13,15,19,34H,11-12H2,1-3H3,(H,27,35)(H,31,32)(H2,25,26,33)/t13?,15-,19-,22+,40?/m1/s1. The van der Waals surface area contributed by atoms with Gasteiger partial charge >= 0.3 is 37.1 Å². The molecule has 18 heteroatoms. The van der Waals surface area contributed by atoms with E-state index in [1.807, 2.05) is 0 Å². The van der Waals surface area contributed by atoms with Crippen LogP contribution in [0.5, 0.6) is 5.75 Å². The van der Waals surface area contributed by atoms with Crippen molar-refractivity contribution in [3.63, 3.8) is 0 Å². The molecule has 3 rings (SSSR count). The summed E-state index contributed by atoms with van der Waals surface area (Å²) in [7, 11) is -1.81. The molecule has 40 heavy (non-hydrogen) atoms. The highest BCUT2D eigenvalue weighted by atomic mass is 31.2. The van der Waals surface area contributed by atoms with Crippen molar-refractivity contribution in [1.29, 1.82) is 0 Å². The van der Waals surface area contributed by atoms with Crippen LogP contribution in [0.3, 0.4) is 0 Å². The molecule has 220 valence electrons. The Morgan fingerprint density at radius 3 is 2.52 bits per heavy atom. The number of nitrogens with one attached hydrogen (secondary N) is 1. The second kappa shape index (κ2) is 12.0. The number of ether oxygens (including phenoxy) is 2. The van der Waals surface area contributed by atoms with Crippen LogP contribution in [0.4, 0.5) is 14.6 Å². The van der Waals surface area contributed by atoms with Gasteiger partial charge < -0.3 is 29.9 Å². The second-order valence-corrected chi connectivity index (χ2v) is 10.6. The molecule has 1 aliphatic rings. The number of nitrogens with zero attached hydrogens (tertiary/aromatic N) is 3. The number of nitrogens with two attached hydrogens (primary N) is 1. The molecule has 2 aromatic rings. The van der Waals surface area contributed by atoms with E-state index in [9.17, 15) is 29.2 Å². The molecule has 0 amide bonds. The molecule has 1 fully saturated rings. The summed E-state index contributed by atoms with van der Waals surface area (Å²) in [5.41, 5.74) is 4.14. The number of carbonyl (C=O) groups excluding carboxylic acids is 1. The van der Waals surface area contributed by atoms with Gasteiger partial charge in [-0.3, -0.25) is 23.6 Å². The minimum Gasteiger partial charge on any atom is -0.480 e. The van der Waals surface area contributed by atoms with Crippen LogP contribution in [-0.2, 0) is 28.2 Å². The van der Waals surface area contributed by atoms with E-state index in [2.05, 4.69) is 10.1 Å². The minimum atomic E-state index is -4.68. The lowest BCUT2D eigenvalue weighted by Crippen LogP contribution is -2.58. The summed E-state index contributed by atoms with van der Waals surface area (Å²) in [6, 6.07) is 6.85. The molecule has 0 aliphatic carbocycles. The number of esters is 1. The Morgan fingerprint density at radius 2 is 1.95 bits per heavy atom. The van der Waals surface area contributed by atoms with E-state index in [0.717, 1.165) is 19.2 Å². The third-order valence-corrected chi connectivity index (χ3v) is 7.07. The van der Waals surface area contributed by atoms with Crippen molar-refractivity contribution >= 4 is 25.5 Å². The van der Waals surface area contributed by atoms with E-state index >= 15 is 8.78 Å². The van der Waals surface area contributed by atoms with Crippen LogP contribution in [0.15, 0.2) is 47.4 Å². The number of benzene rings is 1. The van der Waals surface area contributed by atoms with E-state index in [0.29, 0.717) is 4.57 Å². The number of aliphatic carboxylic acids is 1. The first kappa shape index (κ1) is 31.1. The molecule has 5 N–H and O–H groups in total. The molecule has 0 radical (unpaired) electrons. The Bertz CT molecular complexity index is 1330. The molecule has 1 saturated heterocycles. The van der Waals surface area contributed by atoms with Crippen LogP contribution in [-0.4, -0.2) is 87.7 Å². The van der Waals surface area contributed by atoms with E-state index in [-0.39, 0.29) is 11.6 Å². The van der Waals surface area contributed by atoms with Crippen LogP contribution in [0, 0.1) is 0 Å². The second-order valence-electron chi connectivity index (χ2n) is 8.94. The number of hydrogen-bond acceptors (Lipinski definition) is 12. The molecule has 0 spiro atoms. The van der Waals surface area contributed by atoms with E-state index in [1.54, 1.807) is 6.07 Å². The number of carboxylic acid groups (broad SMARTS) is 1. The number of rotatable bonds is 12. The van der Waals surface area contributed by atoms with E-state index in [1.165, 1.54) is 43.3 Å². The first-order valence-electron chi connectivity index (χ1n) is 11.5. The number of para-hydroxylation sites is 1. The van der Waals surface area contributed by atoms with Gasteiger partial charge in [0.25, 0.3) is 0 Å². The van der Waals surface area contributed by atoms with Crippen LogP contribution >= 0.6 is 7.75 Å². The normalized spacial score (nSPS) is 24.3. The maximum Gasteiger partial charge on any atom is 0.459 e. The predicted molar refractivity (Wildman–Crippen MR) is 132 cm³/mol. The number of nitrogen functional groups attached to an aromatic ring is 1. The summed E-state index contributed by atoms with van der Waals surface area (Å²) < 4.78 is 65.8. The summed E-state index contributed by atoms with van der Waals surface area (Å²) in [4.78, 5) is 40.7. The van der Waals surface area contributed by atoms with Crippen molar-refractivity contribution in [2.45, 2.75) is 37.0 Å². The van der Waals surface area contributed by atoms with Gasteiger partial charge in [0.1, 0.15) is 17.6 Å². The summed E-state index contributed by atoms with van der Waals surface area (Å²) in [6.45, 7) is -0.616. The van der Waals surface area contributed by atoms with Gasteiger partial charge in [-0.1, -0.05) is 18.2 Å². The summed E-state index contributed by atoms with van der Waals surface area (Å²) in [5, 5.41) is 22.5. The summed E-state index contributed by atoms with van der Waals surface area (Å²) >= 11 is 0. The molecule has 2 unspecified atom stereocenters. The van der Waals surface area contributed by atoms with E-state index < -0.39 is 68.6 Å². The number of likely N-dealkylation sites (N-methyl/N-ethyl adjacent to an activating group) is 1. The van der Waals surface area contributed by atoms with Crippen molar-refractivity contribution in [1.82, 2.24) is 19.5 Å². The summed E-state index contributed by atoms with van der Waals surface area (Å²) in [5.74, 6) is -11.3. The van der Waals surface area contributed by atoms with Gasteiger partial charge in [-0.05, 0) is 39.2 Å². The van der Waals surface area contributed by atoms with Crippen LogP contribution in [0.1, 0.15) is 13.2 Å². The smallest absolute Gasteiger partial charge is 0.459 e. The molecule has 0 saturated carbocycles. The van der Waals surface area contributed by atoms with E-state index in [4.69, 9.17) is 24.3 Å². The number of alkyl halides is 2. The zero-order chi connectivity index (χ0) is 29.9. The molecular weight excluding hydrogens is 563 g/mol. The first-order chi connectivity index (χ1) is 18.6. The average molecular weight is 591 g/mol. The number of anilines is 1. The van der Waals surface area contributed by atoms with Gasteiger partial charge in [-0.2, -0.15) is 18.9 Å². The Balaban J connectivity index is 1.98. The average Bonchev–Trinajstić information content (AvgIpc) is 3.02. The van der Waals surface area contributed by atoms with Gasteiger partial charge in [0.2, 0.25) is 6.23 Å². The van der Waals surface area contributed by atoms with Crippen molar-refractivity contribution in [2.75, 3.05) is 33.0 Å². The quantitative estimate of drug-likeness (QED) is 0.150. The highest BCUT2D eigenvalue weighted by molar-refractivity contribution is 7.52. The zero-order valence-electron chi connectivity index (χ0n) is 21.5. The Hall–Kier alpha value is -3.47. The van der Waals surface area contributed by atoms with Crippen molar-refractivity contribution in [3.05, 3.63) is 53.1 Å². The third kappa shape index (κ3) is 6.80. The largest absolute Gasteiger partial charge is 0.480 e. The van der Waals surface area contributed by atoms with Crippen LogP contribution < -0.4 is 21.0 Å². The van der Waals surface area contributed by atoms with Crippen molar-refractivity contribution in [2.24, 2.45) is 0 Å². The first-order valence-corrected chi connectivity index (χ1v) is 13.1. The van der Waals surface area contributed by atoms with Crippen molar-refractivity contribution < 1.29 is 51.7 Å². The number of carboxylic acids is 1. The fourth-order valence-corrected chi connectivity index (χ4v) is 4.98. The maximum atomic E-state index is 15.7. The van der Waals surface area contributed by atoms with Gasteiger partial charge in [0.15, 0.2) is 6.10 Å². The molecule has 0 bridgehead atoms. The van der Waals surface area contributed by atoms with Gasteiger partial charge in [-0.25, -0.2) is 9.36 Å². The van der Waals surface area contributed by atoms with Crippen LogP contribution in [0.25, 0.3) is 0 Å². The van der Waals surface area contributed by atoms with Gasteiger partial charge in [-0.15, -0.1) is 0 Å². The number of carbonyl (C=O) groups is 2. The lowest BCUT2D eigenvalue weighted by Gasteiger charge is -2.33. The maximum absolute atomic E-state index is 15.7. The molecule has 1 aliphatic heterocycles. The lowest BCUT2D eigenvalue weighted by atomic mass is 10.0. The molecular formula is C22H28F2N5O10P. The van der Waals surface area contributed by atoms with Gasteiger partial charge in [0, 0.05) is 6.20 Å². The molecule has 2 heterocycles. The number of aliphatic hydroxyl groups is 1. The Kier molecular flexibility index (Phi) is 9.28. The predicted octanol–water partition coefficient (Wildman–Crippen LogP) is 0.418. The highest BCUT2D eigenvalue weighted by Gasteiger charge is 2.73. The molecule has 5 atom stereocenters. The van der Waals surface area contributed by atoms with Crippen molar-refractivity contribution in [3.8, 4) is 5.75 Å². The number of hydrogen-bond donors (Lipinski definition) is 4. The topological polar surface area (TPSA) is 205 Å².